The Morgan fingerprint density at radius 2 is 1.56 bits per heavy atom. The number of hydrogen-bond donors (Lipinski definition) is 1. The third kappa shape index (κ3) is 6.09. The summed E-state index contributed by atoms with van der Waals surface area (Å²) < 4.78 is 21.8. The number of carbonyl (C=O) groups is 1. The maximum absolute atomic E-state index is 12.2. The van der Waals surface area contributed by atoms with Crippen molar-refractivity contribution in [2.75, 3.05) is 26.9 Å². The fourth-order valence-corrected chi connectivity index (χ4v) is 2.52. The average molecular weight is 373 g/mol. The first-order valence-electron chi connectivity index (χ1n) is 9.03. The molecular formula is C21H27NO5. The Bertz CT molecular complexity index is 730. The van der Waals surface area contributed by atoms with Crippen LogP contribution in [0, 0.1) is 0 Å². The molecule has 146 valence electrons. The molecule has 0 fully saturated rings. The van der Waals surface area contributed by atoms with Crippen molar-refractivity contribution < 1.29 is 23.7 Å². The van der Waals surface area contributed by atoms with Crippen molar-refractivity contribution in [1.82, 2.24) is 5.32 Å². The Morgan fingerprint density at radius 3 is 2.19 bits per heavy atom. The van der Waals surface area contributed by atoms with E-state index in [1.54, 1.807) is 31.4 Å². The highest BCUT2D eigenvalue weighted by atomic mass is 16.5. The lowest BCUT2D eigenvalue weighted by Gasteiger charge is -2.17. The molecule has 0 spiro atoms. The summed E-state index contributed by atoms with van der Waals surface area (Å²) in [5.41, 5.74) is 0.930. The maximum atomic E-state index is 12.2. The summed E-state index contributed by atoms with van der Waals surface area (Å²) in [5.74, 6) is 2.52. The first-order valence-corrected chi connectivity index (χ1v) is 9.03. The van der Waals surface area contributed by atoms with Crippen LogP contribution in [0.25, 0.3) is 0 Å². The molecule has 0 aliphatic rings. The Balaban J connectivity index is 1.93. The third-order valence-electron chi connectivity index (χ3n) is 3.87. The van der Waals surface area contributed by atoms with Crippen LogP contribution >= 0.6 is 0 Å². The summed E-state index contributed by atoms with van der Waals surface area (Å²) in [6, 6.07) is 12.6. The largest absolute Gasteiger partial charge is 0.497 e. The number of benzene rings is 2. The van der Waals surface area contributed by atoms with Crippen LogP contribution < -0.4 is 24.3 Å². The zero-order valence-electron chi connectivity index (χ0n) is 16.3. The van der Waals surface area contributed by atoms with E-state index in [0.717, 1.165) is 11.3 Å². The molecule has 1 amide bonds. The second-order valence-electron chi connectivity index (χ2n) is 5.83. The molecule has 2 rings (SSSR count). The monoisotopic (exact) mass is 373 g/mol. The van der Waals surface area contributed by atoms with E-state index in [-0.39, 0.29) is 18.6 Å². The van der Waals surface area contributed by atoms with Gasteiger partial charge in [-0.25, -0.2) is 0 Å². The molecule has 6 heteroatoms. The summed E-state index contributed by atoms with van der Waals surface area (Å²) in [5, 5.41) is 2.92. The number of carbonyl (C=O) groups excluding carboxylic acids is 1. The molecule has 27 heavy (non-hydrogen) atoms. The molecule has 2 aromatic rings. The van der Waals surface area contributed by atoms with E-state index in [1.165, 1.54) is 0 Å². The highest BCUT2D eigenvalue weighted by Gasteiger charge is 2.13. The zero-order chi connectivity index (χ0) is 19.6. The van der Waals surface area contributed by atoms with E-state index in [2.05, 4.69) is 5.32 Å². The summed E-state index contributed by atoms with van der Waals surface area (Å²) >= 11 is 0. The van der Waals surface area contributed by atoms with Crippen molar-refractivity contribution in [2.24, 2.45) is 0 Å². The Kier molecular flexibility index (Phi) is 7.79. The quantitative estimate of drug-likeness (QED) is 0.687. The lowest BCUT2D eigenvalue weighted by atomic mass is 10.1. The standard InChI is InChI=1S/C21H27NO5/c1-5-25-19-12-7-16(13-20(19)26-6-2)15(3)22-21(23)14-27-18-10-8-17(24-4)9-11-18/h7-13,15H,5-6,14H2,1-4H3,(H,22,23)/t15-/m1/s1. The van der Waals surface area contributed by atoms with Gasteiger partial charge in [-0.1, -0.05) is 6.07 Å². The van der Waals surface area contributed by atoms with Crippen molar-refractivity contribution >= 4 is 5.91 Å². The Hall–Kier alpha value is -2.89. The Morgan fingerprint density at radius 1 is 0.926 bits per heavy atom. The van der Waals surface area contributed by atoms with Crippen LogP contribution in [0.2, 0.25) is 0 Å². The van der Waals surface area contributed by atoms with Crippen LogP contribution in [0.15, 0.2) is 42.5 Å². The van der Waals surface area contributed by atoms with Crippen LogP contribution in [-0.4, -0.2) is 32.8 Å². The maximum Gasteiger partial charge on any atom is 0.258 e. The fraction of sp³-hybridized carbons (Fsp3) is 0.381. The summed E-state index contributed by atoms with van der Waals surface area (Å²) in [6.07, 6.45) is 0. The minimum Gasteiger partial charge on any atom is -0.497 e. The van der Waals surface area contributed by atoms with E-state index in [0.29, 0.717) is 30.5 Å². The van der Waals surface area contributed by atoms with Gasteiger partial charge in [0.2, 0.25) is 0 Å². The van der Waals surface area contributed by atoms with E-state index >= 15 is 0 Å². The fourth-order valence-electron chi connectivity index (χ4n) is 2.52. The van der Waals surface area contributed by atoms with E-state index in [4.69, 9.17) is 18.9 Å². The van der Waals surface area contributed by atoms with Gasteiger partial charge in [0.1, 0.15) is 11.5 Å². The molecule has 0 saturated heterocycles. The average Bonchev–Trinajstić information content (AvgIpc) is 2.68. The van der Waals surface area contributed by atoms with Gasteiger partial charge in [0.05, 0.1) is 26.4 Å². The topological polar surface area (TPSA) is 66.0 Å². The predicted molar refractivity (Wildman–Crippen MR) is 104 cm³/mol. The van der Waals surface area contributed by atoms with Gasteiger partial charge in [0, 0.05) is 0 Å². The van der Waals surface area contributed by atoms with Crippen LogP contribution in [0.3, 0.4) is 0 Å². The van der Waals surface area contributed by atoms with Crippen molar-refractivity contribution in [3.8, 4) is 23.0 Å². The number of ether oxygens (including phenoxy) is 4. The van der Waals surface area contributed by atoms with Crippen molar-refractivity contribution in [3.63, 3.8) is 0 Å². The molecule has 0 radical (unpaired) electrons. The SMILES string of the molecule is CCOc1ccc([C@@H](C)NC(=O)COc2ccc(OC)cc2)cc1OCC. The van der Waals surface area contributed by atoms with E-state index < -0.39 is 0 Å². The highest BCUT2D eigenvalue weighted by molar-refractivity contribution is 5.78. The number of methoxy groups -OCH3 is 1. The molecule has 0 aromatic heterocycles. The van der Waals surface area contributed by atoms with Crippen molar-refractivity contribution in [2.45, 2.75) is 26.8 Å². The smallest absolute Gasteiger partial charge is 0.258 e. The van der Waals surface area contributed by atoms with Crippen LogP contribution in [0.5, 0.6) is 23.0 Å². The normalized spacial score (nSPS) is 11.4. The van der Waals surface area contributed by atoms with Gasteiger partial charge < -0.3 is 24.3 Å². The van der Waals surface area contributed by atoms with Gasteiger partial charge in [-0.05, 0) is 62.7 Å². The van der Waals surface area contributed by atoms with Gasteiger partial charge in [-0.15, -0.1) is 0 Å². The first-order chi connectivity index (χ1) is 13.1. The first kappa shape index (κ1) is 20.4. The lowest BCUT2D eigenvalue weighted by molar-refractivity contribution is -0.123. The van der Waals surface area contributed by atoms with Crippen molar-refractivity contribution in [3.05, 3.63) is 48.0 Å². The number of nitrogens with one attached hydrogen (secondary N) is 1. The Labute approximate surface area is 160 Å². The molecule has 0 heterocycles. The molecule has 1 N–H and O–H groups in total. The van der Waals surface area contributed by atoms with E-state index in [1.807, 2.05) is 39.0 Å². The van der Waals surface area contributed by atoms with Crippen LogP contribution in [-0.2, 0) is 4.79 Å². The second kappa shape index (κ2) is 10.3. The molecule has 0 aliphatic heterocycles. The van der Waals surface area contributed by atoms with Crippen LogP contribution in [0.1, 0.15) is 32.4 Å². The molecular weight excluding hydrogens is 346 g/mol. The molecule has 0 unspecified atom stereocenters. The summed E-state index contributed by atoms with van der Waals surface area (Å²) in [6.45, 7) is 6.80. The van der Waals surface area contributed by atoms with Gasteiger partial charge in [-0.3, -0.25) is 4.79 Å². The zero-order valence-corrected chi connectivity index (χ0v) is 16.3. The molecule has 1 atom stereocenters. The van der Waals surface area contributed by atoms with Gasteiger partial charge in [0.25, 0.3) is 5.91 Å². The van der Waals surface area contributed by atoms with Gasteiger partial charge >= 0.3 is 0 Å². The summed E-state index contributed by atoms with van der Waals surface area (Å²) in [7, 11) is 1.60. The minimum absolute atomic E-state index is 0.0635. The third-order valence-corrected chi connectivity index (χ3v) is 3.87. The lowest BCUT2D eigenvalue weighted by Crippen LogP contribution is -2.31. The number of amides is 1. The highest BCUT2D eigenvalue weighted by Crippen LogP contribution is 2.30. The van der Waals surface area contributed by atoms with Gasteiger partial charge in [-0.2, -0.15) is 0 Å². The molecule has 0 aliphatic carbocycles. The number of hydrogen-bond acceptors (Lipinski definition) is 5. The minimum atomic E-state index is -0.204. The molecule has 6 nitrogen and oxygen atoms in total. The molecule has 0 saturated carbocycles. The molecule has 2 aromatic carbocycles. The van der Waals surface area contributed by atoms with Crippen molar-refractivity contribution in [1.29, 1.82) is 0 Å². The predicted octanol–water partition coefficient (Wildman–Crippen LogP) is 3.75. The second-order valence-corrected chi connectivity index (χ2v) is 5.83. The number of rotatable bonds is 10. The van der Waals surface area contributed by atoms with Crippen LogP contribution in [0.4, 0.5) is 0 Å². The molecule has 0 bridgehead atoms. The van der Waals surface area contributed by atoms with Gasteiger partial charge in [0.15, 0.2) is 18.1 Å². The summed E-state index contributed by atoms with van der Waals surface area (Å²) in [4.78, 5) is 12.2. The van der Waals surface area contributed by atoms with E-state index in [9.17, 15) is 4.79 Å².